The number of amides is 4. The van der Waals surface area contributed by atoms with E-state index in [-0.39, 0.29) is 24.7 Å². The fourth-order valence-corrected chi connectivity index (χ4v) is 5.82. The Bertz CT molecular complexity index is 1440. The fourth-order valence-electron chi connectivity index (χ4n) is 5.82. The van der Waals surface area contributed by atoms with Gasteiger partial charge in [0, 0.05) is 26.9 Å². The van der Waals surface area contributed by atoms with Crippen molar-refractivity contribution in [3.05, 3.63) is 96.4 Å². The summed E-state index contributed by atoms with van der Waals surface area (Å²) in [6, 6.07) is 10.8. The van der Waals surface area contributed by atoms with Gasteiger partial charge < -0.3 is 29.9 Å². The Hall–Kier alpha value is -5.04. The summed E-state index contributed by atoms with van der Waals surface area (Å²) < 4.78 is 11.3. The first kappa shape index (κ1) is 39.4. The first-order valence-corrected chi connectivity index (χ1v) is 17.1. The fraction of sp³-hybridized carbons (Fsp3) is 0.450. The lowest BCUT2D eigenvalue weighted by molar-refractivity contribution is -0.148. The molecule has 10 nitrogen and oxygen atoms in total. The first-order chi connectivity index (χ1) is 23.8. The number of hydrogen-bond donors (Lipinski definition) is 2. The van der Waals surface area contributed by atoms with Gasteiger partial charge in [0.25, 0.3) is 0 Å². The molecular formula is C40H52N4O6. The Morgan fingerprint density at radius 2 is 1.00 bits per heavy atom. The summed E-state index contributed by atoms with van der Waals surface area (Å²) in [6.45, 7) is 15.6. The molecular weight excluding hydrogens is 632 g/mol. The normalized spacial score (nSPS) is 20.2. The Morgan fingerprint density at radius 3 is 1.30 bits per heavy atom. The third-order valence-corrected chi connectivity index (χ3v) is 8.54. The Balaban J connectivity index is 1.99. The molecule has 1 heterocycles. The van der Waals surface area contributed by atoms with Crippen LogP contribution >= 0.6 is 0 Å². The number of likely N-dealkylation sites (N-methyl/N-ethyl adjacent to an activating group) is 2. The van der Waals surface area contributed by atoms with Gasteiger partial charge in [0.1, 0.15) is 48.9 Å². The van der Waals surface area contributed by atoms with Crippen molar-refractivity contribution in [2.75, 3.05) is 27.3 Å². The van der Waals surface area contributed by atoms with Crippen molar-refractivity contribution in [2.45, 2.75) is 77.5 Å². The van der Waals surface area contributed by atoms with E-state index in [1.807, 2.05) is 52.0 Å². The molecule has 1 fully saturated rings. The minimum absolute atomic E-state index is 0.0566. The molecule has 0 bridgehead atoms. The first-order valence-electron chi connectivity index (χ1n) is 17.1. The van der Waals surface area contributed by atoms with E-state index in [1.165, 1.54) is 9.80 Å². The standard InChI is InChI=1S/C40H52N4O6/c1-9-11-21-49-31-17-13-29(14-18-31)25-33-39(47)43(7)36(24-28(5)6)38(46)42-34(26-30-15-19-32(20-16-30)50-22-12-10-2)40(48)44(8)35(23-27(3)4)37(45)41-33/h11-20,27-28,33-36H,1-2,21-26H2,3-8H3,(H,41,45)(H,42,46)/t33-,34-,35-,36-/m0/s1. The zero-order valence-corrected chi connectivity index (χ0v) is 30.2. The van der Waals surface area contributed by atoms with Crippen molar-refractivity contribution in [3.8, 4) is 11.5 Å². The highest BCUT2D eigenvalue weighted by Gasteiger charge is 2.39. The molecule has 4 amide bonds. The molecule has 50 heavy (non-hydrogen) atoms. The summed E-state index contributed by atoms with van der Waals surface area (Å²) in [5, 5.41) is 5.95. The van der Waals surface area contributed by atoms with Crippen LogP contribution in [0.25, 0.3) is 0 Å². The second-order valence-corrected chi connectivity index (χ2v) is 13.4. The molecule has 0 saturated carbocycles. The quantitative estimate of drug-likeness (QED) is 0.280. The summed E-state index contributed by atoms with van der Waals surface area (Å²) in [7, 11) is 3.16. The summed E-state index contributed by atoms with van der Waals surface area (Å²) in [5.74, 6) is -0.271. The number of nitrogens with one attached hydrogen (secondary N) is 2. The van der Waals surface area contributed by atoms with Crippen molar-refractivity contribution in [1.82, 2.24) is 20.4 Å². The van der Waals surface area contributed by atoms with Crippen LogP contribution in [0.3, 0.4) is 0 Å². The molecule has 0 spiro atoms. The molecule has 10 heteroatoms. The summed E-state index contributed by atoms with van der Waals surface area (Å²) in [5.41, 5.74) is 6.91. The maximum absolute atomic E-state index is 14.3. The molecule has 0 aliphatic carbocycles. The third kappa shape index (κ3) is 11.5. The van der Waals surface area contributed by atoms with Crippen LogP contribution in [0.15, 0.2) is 85.3 Å². The van der Waals surface area contributed by atoms with E-state index < -0.39 is 47.8 Å². The number of hydrogen-bond acceptors (Lipinski definition) is 6. The largest absolute Gasteiger partial charge is 0.489 e. The van der Waals surface area contributed by atoms with Gasteiger partial charge in [-0.05, 0) is 72.2 Å². The molecule has 0 unspecified atom stereocenters. The minimum Gasteiger partial charge on any atom is -0.489 e. The number of benzene rings is 2. The van der Waals surface area contributed by atoms with Gasteiger partial charge in [0.2, 0.25) is 23.6 Å². The van der Waals surface area contributed by atoms with Crippen LogP contribution in [0.1, 0.15) is 51.7 Å². The molecule has 1 aliphatic rings. The van der Waals surface area contributed by atoms with E-state index >= 15 is 0 Å². The van der Waals surface area contributed by atoms with Gasteiger partial charge in [-0.3, -0.25) is 19.2 Å². The van der Waals surface area contributed by atoms with Gasteiger partial charge in [-0.25, -0.2) is 0 Å². The van der Waals surface area contributed by atoms with E-state index in [0.29, 0.717) is 37.6 Å². The molecule has 268 valence electrons. The Labute approximate surface area is 296 Å². The summed E-state index contributed by atoms with van der Waals surface area (Å²) in [4.78, 5) is 59.5. The van der Waals surface area contributed by atoms with Crippen LogP contribution < -0.4 is 20.1 Å². The van der Waals surface area contributed by atoms with Gasteiger partial charge in [0.05, 0.1) is 0 Å². The molecule has 2 N–H and O–H groups in total. The van der Waals surface area contributed by atoms with E-state index in [4.69, 9.17) is 9.47 Å². The Kier molecular flexibility index (Phi) is 15.1. The van der Waals surface area contributed by atoms with Crippen molar-refractivity contribution < 1.29 is 28.7 Å². The lowest BCUT2D eigenvalue weighted by atomic mass is 9.96. The number of nitrogens with zero attached hydrogens (tertiary/aromatic N) is 2. The zero-order valence-electron chi connectivity index (χ0n) is 30.2. The summed E-state index contributed by atoms with van der Waals surface area (Å²) >= 11 is 0. The number of carbonyl (C=O) groups is 4. The number of ether oxygens (including phenoxy) is 2. The van der Waals surface area contributed by atoms with E-state index in [9.17, 15) is 19.2 Å². The van der Waals surface area contributed by atoms with E-state index in [0.717, 1.165) is 11.1 Å². The van der Waals surface area contributed by atoms with Crippen LogP contribution in [0, 0.1) is 11.8 Å². The highest BCUT2D eigenvalue weighted by molar-refractivity contribution is 5.97. The number of rotatable bonds is 14. The molecule has 2 aromatic rings. The van der Waals surface area contributed by atoms with Gasteiger partial charge in [-0.1, -0.05) is 65.1 Å². The smallest absolute Gasteiger partial charge is 0.245 e. The molecule has 1 aliphatic heterocycles. The lowest BCUT2D eigenvalue weighted by Gasteiger charge is -2.37. The van der Waals surface area contributed by atoms with Crippen molar-refractivity contribution >= 4 is 23.6 Å². The van der Waals surface area contributed by atoms with Crippen molar-refractivity contribution in [3.63, 3.8) is 0 Å². The van der Waals surface area contributed by atoms with E-state index in [1.54, 1.807) is 50.5 Å². The van der Waals surface area contributed by atoms with Crippen LogP contribution in [-0.4, -0.2) is 84.9 Å². The topological polar surface area (TPSA) is 117 Å². The van der Waals surface area contributed by atoms with Crippen LogP contribution in [0.5, 0.6) is 11.5 Å². The van der Waals surface area contributed by atoms with Gasteiger partial charge >= 0.3 is 0 Å². The van der Waals surface area contributed by atoms with E-state index in [2.05, 4.69) is 35.3 Å². The number of carbonyl (C=O) groups excluding carboxylic acids is 4. The monoisotopic (exact) mass is 684 g/mol. The van der Waals surface area contributed by atoms with Crippen molar-refractivity contribution in [1.29, 1.82) is 0 Å². The molecule has 3 rings (SSSR count). The summed E-state index contributed by atoms with van der Waals surface area (Å²) in [6.07, 6.45) is 4.41. The molecule has 4 atom stereocenters. The second kappa shape index (κ2) is 19.2. The maximum Gasteiger partial charge on any atom is 0.245 e. The highest BCUT2D eigenvalue weighted by Crippen LogP contribution is 2.21. The van der Waals surface area contributed by atoms with Crippen LogP contribution in [0.4, 0.5) is 0 Å². The maximum atomic E-state index is 14.3. The van der Waals surface area contributed by atoms with Gasteiger partial charge in [-0.15, -0.1) is 11.5 Å². The molecule has 2 aromatic carbocycles. The SMILES string of the molecule is C=C=CCOc1ccc(C[C@@H]2NC(=O)[C@H](CC(C)C)N(C)C(=O)[C@H](Cc3ccc(OCC=C=C)cc3)NC(=O)[C@H](CC(C)C)N(C)C2=O)cc1. The molecule has 1 saturated heterocycles. The lowest BCUT2D eigenvalue weighted by Crippen LogP contribution is -2.62. The second-order valence-electron chi connectivity index (χ2n) is 13.4. The Morgan fingerprint density at radius 1 is 0.660 bits per heavy atom. The van der Waals surface area contributed by atoms with Crippen LogP contribution in [0.2, 0.25) is 0 Å². The predicted molar refractivity (Wildman–Crippen MR) is 195 cm³/mol. The van der Waals surface area contributed by atoms with Crippen LogP contribution in [-0.2, 0) is 32.0 Å². The molecule has 0 radical (unpaired) electrons. The van der Waals surface area contributed by atoms with Crippen molar-refractivity contribution in [2.24, 2.45) is 11.8 Å². The third-order valence-electron chi connectivity index (χ3n) is 8.54. The molecule has 0 aromatic heterocycles. The predicted octanol–water partition coefficient (Wildman–Crippen LogP) is 4.64. The van der Waals surface area contributed by atoms with Gasteiger partial charge in [0.15, 0.2) is 0 Å². The highest BCUT2D eigenvalue weighted by atomic mass is 16.5. The minimum atomic E-state index is -0.985. The average molecular weight is 685 g/mol. The van der Waals surface area contributed by atoms with Gasteiger partial charge in [-0.2, -0.15) is 0 Å². The zero-order chi connectivity index (χ0) is 36.8. The average Bonchev–Trinajstić information content (AvgIpc) is 3.08.